The largest absolute Gasteiger partial charge is 0.497 e. The Balaban J connectivity index is 0.00000225. The Kier molecular flexibility index (Phi) is 6.90. The van der Waals surface area contributed by atoms with E-state index >= 15 is 0 Å². The summed E-state index contributed by atoms with van der Waals surface area (Å²) in [6.07, 6.45) is 1.51. The van der Waals surface area contributed by atoms with Crippen molar-refractivity contribution in [2.24, 2.45) is 0 Å². The molecule has 0 atom stereocenters. The van der Waals surface area contributed by atoms with Crippen LogP contribution in [-0.2, 0) is 4.74 Å². The van der Waals surface area contributed by atoms with Gasteiger partial charge in [0, 0.05) is 26.2 Å². The quantitative estimate of drug-likeness (QED) is 0.606. The van der Waals surface area contributed by atoms with E-state index in [0.29, 0.717) is 17.4 Å². The minimum absolute atomic E-state index is 0. The molecule has 0 N–H and O–H groups in total. The Morgan fingerprint density at radius 1 is 1.32 bits per heavy atom. The third-order valence-electron chi connectivity index (χ3n) is 4.54. The molecular formula is C19H22ClN3O4S. The van der Waals surface area contributed by atoms with Crippen molar-refractivity contribution in [1.82, 2.24) is 9.88 Å². The van der Waals surface area contributed by atoms with Gasteiger partial charge in [-0.1, -0.05) is 11.3 Å². The second kappa shape index (κ2) is 9.38. The number of amides is 1. The molecule has 0 saturated carbocycles. The molecule has 1 saturated heterocycles. The van der Waals surface area contributed by atoms with Gasteiger partial charge in [0.15, 0.2) is 10.9 Å². The standard InChI is InChI=1S/C19H21N3O4S.ClH/c1-24-14-4-5-15-17(13-14)27-19(20-15)22(18(23)16-3-2-10-26-16)7-6-21-8-11-25-12-9-21;/h2-5,10,13H,6-9,11-12H2,1H3;1H. The number of hydrogen-bond donors (Lipinski definition) is 0. The number of carbonyl (C=O) groups is 1. The van der Waals surface area contributed by atoms with E-state index in [4.69, 9.17) is 13.9 Å². The molecule has 3 heterocycles. The van der Waals surface area contributed by atoms with Crippen molar-refractivity contribution in [2.45, 2.75) is 0 Å². The van der Waals surface area contributed by atoms with Crippen LogP contribution in [0, 0.1) is 0 Å². The third-order valence-corrected chi connectivity index (χ3v) is 5.58. The molecule has 28 heavy (non-hydrogen) atoms. The number of halogens is 1. The number of furan rings is 1. The van der Waals surface area contributed by atoms with Gasteiger partial charge in [-0.2, -0.15) is 0 Å². The third kappa shape index (κ3) is 4.47. The van der Waals surface area contributed by atoms with E-state index in [1.807, 2.05) is 18.2 Å². The molecule has 1 fully saturated rings. The van der Waals surface area contributed by atoms with Crippen LogP contribution >= 0.6 is 23.7 Å². The normalized spacial score (nSPS) is 14.6. The Labute approximate surface area is 173 Å². The molecule has 0 aliphatic carbocycles. The van der Waals surface area contributed by atoms with E-state index in [0.717, 1.165) is 48.8 Å². The number of thiazole rings is 1. The monoisotopic (exact) mass is 423 g/mol. The minimum atomic E-state index is -0.181. The fraction of sp³-hybridized carbons (Fsp3) is 0.368. The molecule has 4 rings (SSSR count). The molecule has 0 spiro atoms. The number of benzene rings is 1. The van der Waals surface area contributed by atoms with Crippen molar-refractivity contribution in [1.29, 1.82) is 0 Å². The van der Waals surface area contributed by atoms with Crippen molar-refractivity contribution in [3.8, 4) is 5.75 Å². The Bertz CT molecular complexity index is 909. The highest BCUT2D eigenvalue weighted by Crippen LogP contribution is 2.32. The molecule has 1 aliphatic rings. The van der Waals surface area contributed by atoms with Gasteiger partial charge in [0.25, 0.3) is 5.91 Å². The van der Waals surface area contributed by atoms with Gasteiger partial charge in [-0.3, -0.25) is 14.6 Å². The molecule has 2 aromatic heterocycles. The molecule has 150 valence electrons. The van der Waals surface area contributed by atoms with Crippen molar-refractivity contribution in [3.05, 3.63) is 42.4 Å². The number of fused-ring (bicyclic) bond motifs is 1. The lowest BCUT2D eigenvalue weighted by molar-refractivity contribution is 0.0390. The van der Waals surface area contributed by atoms with Crippen LogP contribution in [0.15, 0.2) is 41.0 Å². The van der Waals surface area contributed by atoms with Gasteiger partial charge in [-0.15, -0.1) is 12.4 Å². The van der Waals surface area contributed by atoms with Gasteiger partial charge in [-0.05, 0) is 30.3 Å². The summed E-state index contributed by atoms with van der Waals surface area (Å²) in [5, 5.41) is 0.660. The number of ether oxygens (including phenoxy) is 2. The van der Waals surface area contributed by atoms with Crippen molar-refractivity contribution < 1.29 is 18.7 Å². The topological polar surface area (TPSA) is 68.0 Å². The van der Waals surface area contributed by atoms with E-state index in [-0.39, 0.29) is 18.3 Å². The summed E-state index contributed by atoms with van der Waals surface area (Å²) in [5.41, 5.74) is 0.847. The van der Waals surface area contributed by atoms with Crippen LogP contribution in [0.5, 0.6) is 5.75 Å². The number of hydrogen-bond acceptors (Lipinski definition) is 7. The molecule has 0 radical (unpaired) electrons. The number of morpholine rings is 1. The van der Waals surface area contributed by atoms with E-state index in [2.05, 4.69) is 9.88 Å². The molecule has 1 amide bonds. The van der Waals surface area contributed by atoms with Gasteiger partial charge >= 0.3 is 0 Å². The van der Waals surface area contributed by atoms with Gasteiger partial charge in [0.05, 0.1) is 36.8 Å². The lowest BCUT2D eigenvalue weighted by Gasteiger charge is -2.28. The SMILES string of the molecule is COc1ccc2nc(N(CCN3CCOCC3)C(=O)c3ccco3)sc2c1.Cl. The van der Waals surface area contributed by atoms with Gasteiger partial charge in [0.2, 0.25) is 0 Å². The highest BCUT2D eigenvalue weighted by atomic mass is 35.5. The van der Waals surface area contributed by atoms with E-state index in [1.165, 1.54) is 17.6 Å². The first-order valence-corrected chi connectivity index (χ1v) is 9.66. The van der Waals surface area contributed by atoms with Crippen LogP contribution in [0.4, 0.5) is 5.13 Å². The van der Waals surface area contributed by atoms with Crippen LogP contribution in [0.2, 0.25) is 0 Å². The minimum Gasteiger partial charge on any atom is -0.497 e. The maximum absolute atomic E-state index is 13.0. The molecule has 9 heteroatoms. The zero-order valence-electron chi connectivity index (χ0n) is 15.5. The van der Waals surface area contributed by atoms with Gasteiger partial charge in [-0.25, -0.2) is 4.98 Å². The average molecular weight is 424 g/mol. The smallest absolute Gasteiger partial charge is 0.295 e. The fourth-order valence-electron chi connectivity index (χ4n) is 3.02. The molecule has 0 unspecified atom stereocenters. The highest BCUT2D eigenvalue weighted by Gasteiger charge is 2.24. The molecule has 7 nitrogen and oxygen atoms in total. The predicted octanol–water partition coefficient (Wildman–Crippen LogP) is 3.30. The van der Waals surface area contributed by atoms with Crippen LogP contribution in [0.1, 0.15) is 10.6 Å². The fourth-order valence-corrected chi connectivity index (χ4v) is 4.04. The molecule has 0 bridgehead atoms. The zero-order chi connectivity index (χ0) is 18.6. The van der Waals surface area contributed by atoms with E-state index in [1.54, 1.807) is 24.1 Å². The summed E-state index contributed by atoms with van der Waals surface area (Å²) in [6.45, 7) is 4.51. The second-order valence-electron chi connectivity index (χ2n) is 6.22. The Morgan fingerprint density at radius 3 is 2.86 bits per heavy atom. The Hall–Kier alpha value is -2.13. The van der Waals surface area contributed by atoms with E-state index < -0.39 is 0 Å². The predicted molar refractivity (Wildman–Crippen MR) is 111 cm³/mol. The lowest BCUT2D eigenvalue weighted by Crippen LogP contribution is -2.43. The number of carbonyl (C=O) groups excluding carboxylic acids is 1. The number of rotatable bonds is 6. The van der Waals surface area contributed by atoms with E-state index in [9.17, 15) is 4.79 Å². The number of anilines is 1. The summed E-state index contributed by atoms with van der Waals surface area (Å²) in [5.74, 6) is 0.906. The van der Waals surface area contributed by atoms with Crippen molar-refractivity contribution >= 4 is 45.0 Å². The van der Waals surface area contributed by atoms with Gasteiger partial charge in [0.1, 0.15) is 5.75 Å². The first kappa shape index (κ1) is 20.6. The van der Waals surface area contributed by atoms with Crippen LogP contribution in [-0.4, -0.2) is 62.3 Å². The second-order valence-corrected chi connectivity index (χ2v) is 7.23. The van der Waals surface area contributed by atoms with Crippen LogP contribution in [0.3, 0.4) is 0 Å². The molecular weight excluding hydrogens is 402 g/mol. The summed E-state index contributed by atoms with van der Waals surface area (Å²) in [6, 6.07) is 9.12. The first-order valence-electron chi connectivity index (χ1n) is 8.84. The zero-order valence-corrected chi connectivity index (χ0v) is 17.1. The number of aromatic nitrogens is 1. The van der Waals surface area contributed by atoms with Crippen LogP contribution in [0.25, 0.3) is 10.2 Å². The summed E-state index contributed by atoms with van der Waals surface area (Å²) in [7, 11) is 1.64. The number of nitrogens with zero attached hydrogens (tertiary/aromatic N) is 3. The highest BCUT2D eigenvalue weighted by molar-refractivity contribution is 7.22. The maximum Gasteiger partial charge on any atom is 0.295 e. The van der Waals surface area contributed by atoms with Crippen LogP contribution < -0.4 is 9.64 Å². The maximum atomic E-state index is 13.0. The lowest BCUT2D eigenvalue weighted by atomic mass is 10.3. The Morgan fingerprint density at radius 2 is 2.14 bits per heavy atom. The molecule has 3 aromatic rings. The molecule has 1 aliphatic heterocycles. The molecule has 1 aromatic carbocycles. The summed E-state index contributed by atoms with van der Waals surface area (Å²) < 4.78 is 17.0. The van der Waals surface area contributed by atoms with Crippen molar-refractivity contribution in [2.75, 3.05) is 51.4 Å². The number of methoxy groups -OCH3 is 1. The first-order chi connectivity index (χ1) is 13.2. The van der Waals surface area contributed by atoms with Gasteiger partial charge < -0.3 is 13.9 Å². The summed E-state index contributed by atoms with van der Waals surface area (Å²) >= 11 is 1.48. The summed E-state index contributed by atoms with van der Waals surface area (Å²) in [4.78, 5) is 21.7. The van der Waals surface area contributed by atoms with Crippen molar-refractivity contribution in [3.63, 3.8) is 0 Å². The average Bonchev–Trinajstić information content (AvgIpc) is 3.38.